The lowest BCUT2D eigenvalue weighted by Crippen LogP contribution is -2.42. The number of nitrogens with two attached hydrogens (primary N) is 1. The Morgan fingerprint density at radius 2 is 1.95 bits per heavy atom. The quantitative estimate of drug-likeness (QED) is 0.548. The van der Waals surface area contributed by atoms with Gasteiger partial charge in [-0.2, -0.15) is 0 Å². The molecule has 0 saturated carbocycles. The second-order valence-electron chi connectivity index (χ2n) is 4.44. The first-order chi connectivity index (χ1) is 9.80. The molecule has 21 heavy (non-hydrogen) atoms. The van der Waals surface area contributed by atoms with Gasteiger partial charge in [-0.25, -0.2) is 13.1 Å². The lowest BCUT2D eigenvalue weighted by molar-refractivity contribution is -0.139. The fourth-order valence-corrected chi connectivity index (χ4v) is 2.87. The zero-order chi connectivity index (χ0) is 15.9. The first kappa shape index (κ1) is 17.1. The molecule has 1 rings (SSSR count). The summed E-state index contributed by atoms with van der Waals surface area (Å²) in [5, 5.41) is 8.95. The molecule has 0 unspecified atom stereocenters. The number of carbonyl (C=O) groups excluding carboxylic acids is 1. The van der Waals surface area contributed by atoms with Crippen LogP contribution in [-0.2, 0) is 26.0 Å². The van der Waals surface area contributed by atoms with Crippen LogP contribution in [0.4, 0.5) is 0 Å². The highest BCUT2D eigenvalue weighted by atomic mass is 32.2. The van der Waals surface area contributed by atoms with E-state index in [1.54, 1.807) is 24.5 Å². The minimum absolute atomic E-state index is 0.181. The third kappa shape index (κ3) is 6.82. The Morgan fingerprint density at radius 1 is 1.33 bits per heavy atom. The second kappa shape index (κ2) is 7.70. The standard InChI is InChI=1S/C12H17N3O5S/c13-11(16)2-1-10(12(17)18)15-21(19,20)8-5-9-3-6-14-7-4-9/h3-4,6-7,10,15H,1-2,5,8H2,(H2,13,16)(H,17,18)/t10-/m1/s1. The molecule has 1 aromatic heterocycles. The van der Waals surface area contributed by atoms with E-state index < -0.39 is 27.9 Å². The van der Waals surface area contributed by atoms with E-state index in [2.05, 4.69) is 9.71 Å². The van der Waals surface area contributed by atoms with Crippen LogP contribution in [0.2, 0.25) is 0 Å². The average Bonchev–Trinajstić information content (AvgIpc) is 2.42. The SMILES string of the molecule is NC(=O)CC[C@@H](NS(=O)(=O)CCc1ccncc1)C(=O)O. The average molecular weight is 315 g/mol. The van der Waals surface area contributed by atoms with Crippen molar-refractivity contribution in [2.45, 2.75) is 25.3 Å². The van der Waals surface area contributed by atoms with Gasteiger partial charge in [0, 0.05) is 18.8 Å². The molecule has 0 aliphatic rings. The van der Waals surface area contributed by atoms with E-state index in [0.29, 0.717) is 0 Å². The summed E-state index contributed by atoms with van der Waals surface area (Å²) in [6.07, 6.45) is 2.94. The Balaban J connectivity index is 2.59. The van der Waals surface area contributed by atoms with Crippen LogP contribution < -0.4 is 10.5 Å². The molecule has 1 heterocycles. The maximum atomic E-state index is 11.9. The number of primary amides is 1. The summed E-state index contributed by atoms with van der Waals surface area (Å²) in [5.41, 5.74) is 5.70. The van der Waals surface area contributed by atoms with Gasteiger partial charge in [-0.15, -0.1) is 0 Å². The minimum atomic E-state index is -3.78. The molecule has 0 aromatic carbocycles. The molecular formula is C12H17N3O5S. The number of carbonyl (C=O) groups is 2. The van der Waals surface area contributed by atoms with E-state index in [-0.39, 0.29) is 25.0 Å². The van der Waals surface area contributed by atoms with E-state index in [0.717, 1.165) is 5.56 Å². The summed E-state index contributed by atoms with van der Waals surface area (Å²) in [5.74, 6) is -2.28. The number of aliphatic carboxylic acids is 1. The van der Waals surface area contributed by atoms with E-state index in [4.69, 9.17) is 10.8 Å². The molecule has 0 saturated heterocycles. The van der Waals surface area contributed by atoms with Crippen molar-refractivity contribution in [2.75, 3.05) is 5.75 Å². The third-order valence-electron chi connectivity index (χ3n) is 2.71. The van der Waals surface area contributed by atoms with Crippen molar-refractivity contribution >= 4 is 21.9 Å². The number of hydrogen-bond acceptors (Lipinski definition) is 5. The maximum absolute atomic E-state index is 11.9. The van der Waals surface area contributed by atoms with Gasteiger partial charge in [0.2, 0.25) is 15.9 Å². The molecule has 1 amide bonds. The van der Waals surface area contributed by atoms with Crippen molar-refractivity contribution in [1.82, 2.24) is 9.71 Å². The number of aryl methyl sites for hydroxylation is 1. The molecule has 0 spiro atoms. The van der Waals surface area contributed by atoms with E-state index >= 15 is 0 Å². The van der Waals surface area contributed by atoms with Crippen molar-refractivity contribution in [2.24, 2.45) is 5.73 Å². The Bertz CT molecular complexity index is 588. The lowest BCUT2D eigenvalue weighted by Gasteiger charge is -2.14. The van der Waals surface area contributed by atoms with Gasteiger partial charge < -0.3 is 10.8 Å². The van der Waals surface area contributed by atoms with Crippen molar-refractivity contribution in [1.29, 1.82) is 0 Å². The molecule has 0 aliphatic heterocycles. The molecule has 0 fully saturated rings. The van der Waals surface area contributed by atoms with E-state index in [9.17, 15) is 18.0 Å². The smallest absolute Gasteiger partial charge is 0.321 e. The number of amides is 1. The second-order valence-corrected chi connectivity index (χ2v) is 6.31. The predicted octanol–water partition coefficient (Wildman–Crippen LogP) is -0.738. The van der Waals surface area contributed by atoms with Crippen LogP contribution in [0.15, 0.2) is 24.5 Å². The summed E-state index contributed by atoms with van der Waals surface area (Å²) in [7, 11) is -3.78. The monoisotopic (exact) mass is 315 g/mol. The van der Waals surface area contributed by atoms with Crippen LogP contribution in [0, 0.1) is 0 Å². The third-order valence-corrected chi connectivity index (χ3v) is 4.09. The number of nitrogens with zero attached hydrogens (tertiary/aromatic N) is 1. The molecule has 8 nitrogen and oxygen atoms in total. The Hall–Kier alpha value is -2.00. The fourth-order valence-electron chi connectivity index (χ4n) is 1.60. The Morgan fingerprint density at radius 3 is 2.48 bits per heavy atom. The van der Waals surface area contributed by atoms with E-state index in [1.165, 1.54) is 0 Å². The number of hydrogen-bond donors (Lipinski definition) is 3. The molecular weight excluding hydrogens is 298 g/mol. The van der Waals surface area contributed by atoms with Crippen molar-refractivity contribution < 1.29 is 23.1 Å². The topological polar surface area (TPSA) is 139 Å². The summed E-state index contributed by atoms with van der Waals surface area (Å²) >= 11 is 0. The van der Waals surface area contributed by atoms with Gasteiger partial charge in [0.05, 0.1) is 5.75 Å². The summed E-state index contributed by atoms with van der Waals surface area (Å²) in [6.45, 7) is 0. The zero-order valence-electron chi connectivity index (χ0n) is 11.2. The van der Waals surface area contributed by atoms with Gasteiger partial charge in [-0.1, -0.05) is 0 Å². The van der Waals surface area contributed by atoms with Crippen molar-refractivity contribution in [3.8, 4) is 0 Å². The largest absolute Gasteiger partial charge is 0.480 e. The maximum Gasteiger partial charge on any atom is 0.321 e. The Labute approximate surface area is 122 Å². The highest BCUT2D eigenvalue weighted by molar-refractivity contribution is 7.89. The zero-order valence-corrected chi connectivity index (χ0v) is 12.0. The highest BCUT2D eigenvalue weighted by Crippen LogP contribution is 2.03. The van der Waals surface area contributed by atoms with Crippen LogP contribution in [0.5, 0.6) is 0 Å². The molecule has 0 radical (unpaired) electrons. The molecule has 0 aliphatic carbocycles. The van der Waals surface area contributed by atoms with Crippen molar-refractivity contribution in [3.05, 3.63) is 30.1 Å². The number of rotatable bonds is 9. The highest BCUT2D eigenvalue weighted by Gasteiger charge is 2.24. The molecule has 1 aromatic rings. The van der Waals surface area contributed by atoms with Gasteiger partial charge in [-0.3, -0.25) is 14.6 Å². The molecule has 1 atom stereocenters. The summed E-state index contributed by atoms with van der Waals surface area (Å²) in [6, 6.07) is 1.99. The lowest BCUT2D eigenvalue weighted by atomic mass is 10.2. The van der Waals surface area contributed by atoms with Crippen LogP contribution in [0.1, 0.15) is 18.4 Å². The normalized spacial score (nSPS) is 12.8. The van der Waals surface area contributed by atoms with Crippen LogP contribution in [0.3, 0.4) is 0 Å². The molecule has 4 N–H and O–H groups in total. The number of aromatic nitrogens is 1. The number of carboxylic acid groups (broad SMARTS) is 1. The predicted molar refractivity (Wildman–Crippen MR) is 74.7 cm³/mol. The summed E-state index contributed by atoms with van der Waals surface area (Å²) in [4.78, 5) is 25.4. The molecule has 116 valence electrons. The summed E-state index contributed by atoms with van der Waals surface area (Å²) < 4.78 is 25.8. The Kier molecular flexibility index (Phi) is 6.25. The minimum Gasteiger partial charge on any atom is -0.480 e. The van der Waals surface area contributed by atoms with Crippen LogP contribution in [-0.4, -0.2) is 42.2 Å². The van der Waals surface area contributed by atoms with Gasteiger partial charge in [0.15, 0.2) is 0 Å². The van der Waals surface area contributed by atoms with Gasteiger partial charge in [-0.05, 0) is 30.5 Å². The first-order valence-corrected chi connectivity index (χ1v) is 7.85. The molecule has 9 heteroatoms. The van der Waals surface area contributed by atoms with E-state index in [1.807, 2.05) is 0 Å². The number of nitrogens with one attached hydrogen (secondary N) is 1. The van der Waals surface area contributed by atoms with Crippen molar-refractivity contribution in [3.63, 3.8) is 0 Å². The number of pyridine rings is 1. The number of sulfonamides is 1. The number of carboxylic acids is 1. The van der Waals surface area contributed by atoms with Gasteiger partial charge in [0.1, 0.15) is 6.04 Å². The van der Waals surface area contributed by atoms with Gasteiger partial charge >= 0.3 is 5.97 Å². The fraction of sp³-hybridized carbons (Fsp3) is 0.417. The first-order valence-electron chi connectivity index (χ1n) is 6.20. The van der Waals surface area contributed by atoms with Gasteiger partial charge in [0.25, 0.3) is 0 Å². The van der Waals surface area contributed by atoms with Crippen LogP contribution >= 0.6 is 0 Å². The molecule has 0 bridgehead atoms. The van der Waals surface area contributed by atoms with Crippen LogP contribution in [0.25, 0.3) is 0 Å².